The second kappa shape index (κ2) is 5.60. The smallest absolute Gasteiger partial charge is 0.303 e. The van der Waals surface area contributed by atoms with Crippen LogP contribution in [0, 0.1) is 0 Å². The van der Waals surface area contributed by atoms with Crippen LogP contribution < -0.4 is 11.2 Å². The van der Waals surface area contributed by atoms with Gasteiger partial charge < -0.3 is 4.98 Å². The molecule has 0 unspecified atom stereocenters. The number of rotatable bonds is 2. The molecule has 0 fully saturated rings. The second-order valence-electron chi connectivity index (χ2n) is 4.57. The molecule has 2 heterocycles. The maximum atomic E-state index is 12.6. The maximum Gasteiger partial charge on any atom is 0.431 e. The van der Waals surface area contributed by atoms with E-state index < -0.39 is 23.1 Å². The number of nitrogens with zero attached hydrogens (tertiary/aromatic N) is 4. The molecule has 0 spiro atoms. The summed E-state index contributed by atoms with van der Waals surface area (Å²) in [6.07, 6.45) is -4.84. The Labute approximate surface area is 134 Å². The minimum atomic E-state index is -4.84. The quantitative estimate of drug-likeness (QED) is 0.719. The van der Waals surface area contributed by atoms with E-state index in [4.69, 9.17) is 11.6 Å². The standard InChI is InChI=1S/C12H6ClF3N6O2/c13-7-2-1-5(3-6(7)10-18-20-21-19-10)22-9(23)4-8(12(14,15)16)17-11(22)24/h1-4H,(H,17,24)(H,18,19,20,21). The number of alkyl halides is 3. The molecule has 0 aliphatic rings. The van der Waals surface area contributed by atoms with Crippen molar-refractivity contribution in [1.82, 2.24) is 30.2 Å². The van der Waals surface area contributed by atoms with Crippen LogP contribution >= 0.6 is 11.6 Å². The molecule has 12 heteroatoms. The first-order chi connectivity index (χ1) is 11.3. The lowest BCUT2D eigenvalue weighted by Crippen LogP contribution is -2.35. The summed E-state index contributed by atoms with van der Waals surface area (Å²) in [7, 11) is 0. The summed E-state index contributed by atoms with van der Waals surface area (Å²) in [5.74, 6) is 0.165. The molecule has 24 heavy (non-hydrogen) atoms. The lowest BCUT2D eigenvalue weighted by Gasteiger charge is -2.10. The zero-order valence-corrected chi connectivity index (χ0v) is 12.2. The van der Waals surface area contributed by atoms with E-state index in [1.807, 2.05) is 0 Å². The van der Waals surface area contributed by atoms with Crippen LogP contribution in [0.3, 0.4) is 0 Å². The summed E-state index contributed by atoms with van der Waals surface area (Å²) in [6.45, 7) is 0. The molecule has 3 aromatic rings. The number of hydrogen-bond donors (Lipinski definition) is 2. The molecule has 0 amide bonds. The van der Waals surface area contributed by atoms with Crippen LogP contribution in [0.2, 0.25) is 5.02 Å². The van der Waals surface area contributed by atoms with Crippen LogP contribution in [-0.2, 0) is 6.18 Å². The first-order valence-electron chi connectivity index (χ1n) is 6.25. The third kappa shape index (κ3) is 2.80. The van der Waals surface area contributed by atoms with Crippen LogP contribution in [0.15, 0.2) is 33.9 Å². The van der Waals surface area contributed by atoms with Gasteiger partial charge in [0.05, 0.1) is 10.7 Å². The topological polar surface area (TPSA) is 109 Å². The fourth-order valence-corrected chi connectivity index (χ4v) is 2.21. The van der Waals surface area contributed by atoms with Gasteiger partial charge in [-0.1, -0.05) is 11.6 Å². The van der Waals surface area contributed by atoms with Crippen molar-refractivity contribution < 1.29 is 13.2 Å². The van der Waals surface area contributed by atoms with Crippen LogP contribution in [0.5, 0.6) is 0 Å². The highest BCUT2D eigenvalue weighted by atomic mass is 35.5. The number of H-pyrrole nitrogens is 2. The van der Waals surface area contributed by atoms with Gasteiger partial charge in [-0.25, -0.2) is 14.5 Å². The molecule has 0 bridgehead atoms. The molecular weight excluding hydrogens is 353 g/mol. The van der Waals surface area contributed by atoms with Crippen molar-refractivity contribution >= 4 is 11.6 Å². The number of aromatic nitrogens is 6. The Hall–Kier alpha value is -2.95. The van der Waals surface area contributed by atoms with Crippen LogP contribution in [0.1, 0.15) is 5.69 Å². The molecule has 0 saturated heterocycles. The SMILES string of the molecule is O=c1cc(C(F)(F)F)[nH]c(=O)n1-c1ccc(Cl)c(-c2nnn[nH]2)c1. The summed E-state index contributed by atoms with van der Waals surface area (Å²) in [5.41, 5.74) is -3.53. The molecule has 1 aromatic carbocycles. The van der Waals surface area contributed by atoms with E-state index in [0.29, 0.717) is 10.6 Å². The van der Waals surface area contributed by atoms with Gasteiger partial charge in [0.1, 0.15) is 5.69 Å². The van der Waals surface area contributed by atoms with E-state index in [2.05, 4.69) is 20.6 Å². The third-order valence-electron chi connectivity index (χ3n) is 3.05. The Bertz CT molecular complexity index is 978. The molecule has 2 N–H and O–H groups in total. The molecule has 8 nitrogen and oxygen atoms in total. The van der Waals surface area contributed by atoms with E-state index in [0.717, 1.165) is 0 Å². The molecule has 0 radical (unpaired) electrons. The van der Waals surface area contributed by atoms with E-state index in [1.54, 1.807) is 4.98 Å². The monoisotopic (exact) mass is 358 g/mol. The van der Waals surface area contributed by atoms with Gasteiger partial charge in [-0.05, 0) is 28.6 Å². The third-order valence-corrected chi connectivity index (χ3v) is 3.38. The average Bonchev–Trinajstić information content (AvgIpc) is 3.01. The predicted octanol–water partition coefficient (Wildman–Crippen LogP) is 1.38. The molecular formula is C12H6ClF3N6O2. The van der Waals surface area contributed by atoms with Gasteiger partial charge in [0, 0.05) is 11.6 Å². The van der Waals surface area contributed by atoms with Crippen molar-refractivity contribution in [2.75, 3.05) is 0 Å². The van der Waals surface area contributed by atoms with Crippen molar-refractivity contribution in [1.29, 1.82) is 0 Å². The lowest BCUT2D eigenvalue weighted by atomic mass is 10.2. The van der Waals surface area contributed by atoms with Gasteiger partial charge in [-0.2, -0.15) is 13.2 Å². The van der Waals surface area contributed by atoms with Crippen molar-refractivity contribution in [3.05, 3.63) is 55.8 Å². The zero-order chi connectivity index (χ0) is 17.5. The summed E-state index contributed by atoms with van der Waals surface area (Å²) < 4.78 is 38.4. The lowest BCUT2D eigenvalue weighted by molar-refractivity contribution is -0.141. The average molecular weight is 359 g/mol. The highest BCUT2D eigenvalue weighted by Gasteiger charge is 2.33. The first kappa shape index (κ1) is 15.9. The van der Waals surface area contributed by atoms with Gasteiger partial charge in [0.2, 0.25) is 0 Å². The van der Waals surface area contributed by atoms with Crippen molar-refractivity contribution in [3.63, 3.8) is 0 Å². The van der Waals surface area contributed by atoms with Crippen LogP contribution in [0.25, 0.3) is 17.1 Å². The molecule has 0 aliphatic heterocycles. The Morgan fingerprint density at radius 2 is 1.92 bits per heavy atom. The number of aromatic amines is 2. The van der Waals surface area contributed by atoms with Crippen LogP contribution in [-0.4, -0.2) is 30.2 Å². The van der Waals surface area contributed by atoms with Gasteiger partial charge in [0.25, 0.3) is 5.56 Å². The van der Waals surface area contributed by atoms with Crippen LogP contribution in [0.4, 0.5) is 13.2 Å². The molecule has 124 valence electrons. The van der Waals surface area contributed by atoms with Gasteiger partial charge in [-0.15, -0.1) is 5.10 Å². The van der Waals surface area contributed by atoms with Gasteiger partial charge >= 0.3 is 11.9 Å². The summed E-state index contributed by atoms with van der Waals surface area (Å²) in [4.78, 5) is 25.5. The van der Waals surface area contributed by atoms with Gasteiger partial charge in [-0.3, -0.25) is 4.79 Å². The number of tetrazole rings is 1. The maximum absolute atomic E-state index is 12.6. The Balaban J connectivity index is 2.19. The summed E-state index contributed by atoms with van der Waals surface area (Å²) in [6, 6.07) is 4.26. The Morgan fingerprint density at radius 3 is 2.50 bits per heavy atom. The summed E-state index contributed by atoms with van der Waals surface area (Å²) >= 11 is 6.00. The number of nitrogens with one attached hydrogen (secondary N) is 2. The van der Waals surface area contributed by atoms with E-state index >= 15 is 0 Å². The fourth-order valence-electron chi connectivity index (χ4n) is 2.00. The number of hydrogen-bond acceptors (Lipinski definition) is 5. The summed E-state index contributed by atoms with van der Waals surface area (Å²) in [5, 5.41) is 13.1. The first-order valence-corrected chi connectivity index (χ1v) is 6.63. The minimum Gasteiger partial charge on any atom is -0.303 e. The molecule has 3 rings (SSSR count). The zero-order valence-electron chi connectivity index (χ0n) is 11.4. The highest BCUT2D eigenvalue weighted by Crippen LogP contribution is 2.27. The Morgan fingerprint density at radius 1 is 1.17 bits per heavy atom. The van der Waals surface area contributed by atoms with E-state index in [1.165, 1.54) is 18.2 Å². The minimum absolute atomic E-state index is 0.00535. The molecule has 0 saturated carbocycles. The molecule has 0 atom stereocenters. The van der Waals surface area contributed by atoms with Crippen molar-refractivity contribution in [3.8, 4) is 17.1 Å². The molecule has 0 aliphatic carbocycles. The largest absolute Gasteiger partial charge is 0.431 e. The highest BCUT2D eigenvalue weighted by molar-refractivity contribution is 6.33. The van der Waals surface area contributed by atoms with Crippen molar-refractivity contribution in [2.24, 2.45) is 0 Å². The number of benzene rings is 1. The van der Waals surface area contributed by atoms with Gasteiger partial charge in [0.15, 0.2) is 5.82 Å². The normalized spacial score (nSPS) is 11.7. The molecule has 2 aromatic heterocycles. The van der Waals surface area contributed by atoms with E-state index in [-0.39, 0.29) is 22.1 Å². The van der Waals surface area contributed by atoms with E-state index in [9.17, 15) is 22.8 Å². The number of halogens is 4. The fraction of sp³-hybridized carbons (Fsp3) is 0.0833. The predicted molar refractivity (Wildman–Crippen MR) is 75.8 cm³/mol. The second-order valence-corrected chi connectivity index (χ2v) is 4.98. The Kier molecular flexibility index (Phi) is 3.72. The van der Waals surface area contributed by atoms with Crippen molar-refractivity contribution in [2.45, 2.75) is 6.18 Å².